The molecule has 0 bridgehead atoms. The number of anilines is 1. The Labute approximate surface area is 163 Å². The average molecular weight is 407 g/mol. The summed E-state index contributed by atoms with van der Waals surface area (Å²) < 4.78 is 39.2. The Bertz CT molecular complexity index is 977. The molecule has 1 amide bonds. The summed E-state index contributed by atoms with van der Waals surface area (Å²) in [6.45, 7) is -0.110. The molecule has 1 N–H and O–H groups in total. The molecule has 2 aromatic carbocycles. The average Bonchev–Trinajstić information content (AvgIpc) is 2.67. The minimum atomic E-state index is -4.68. The van der Waals surface area contributed by atoms with E-state index < -0.39 is 22.9 Å². The molecular formula is C20H14ClF3N2O2. The Hall–Kier alpha value is -3.06. The number of rotatable bonds is 4. The van der Waals surface area contributed by atoms with Crippen molar-refractivity contribution >= 4 is 23.4 Å². The molecule has 0 fully saturated rings. The van der Waals surface area contributed by atoms with E-state index in [2.05, 4.69) is 4.98 Å². The molecule has 0 aliphatic heterocycles. The number of carboxylic acid groups (broad SMARTS) is 1. The van der Waals surface area contributed by atoms with Crippen molar-refractivity contribution < 1.29 is 23.1 Å². The van der Waals surface area contributed by atoms with Gasteiger partial charge in [0.05, 0.1) is 17.1 Å². The lowest BCUT2D eigenvalue weighted by atomic mass is 10.1. The second-order valence-corrected chi connectivity index (χ2v) is 6.38. The van der Waals surface area contributed by atoms with Gasteiger partial charge in [0.25, 0.3) is 0 Å². The van der Waals surface area contributed by atoms with E-state index in [4.69, 9.17) is 11.6 Å². The second kappa shape index (κ2) is 7.90. The molecule has 28 heavy (non-hydrogen) atoms. The van der Waals surface area contributed by atoms with Crippen LogP contribution in [0.3, 0.4) is 0 Å². The van der Waals surface area contributed by atoms with Crippen LogP contribution in [0, 0.1) is 0 Å². The van der Waals surface area contributed by atoms with Crippen molar-refractivity contribution in [3.05, 3.63) is 83.1 Å². The number of pyridine rings is 1. The Morgan fingerprint density at radius 1 is 1.07 bits per heavy atom. The van der Waals surface area contributed by atoms with E-state index in [1.165, 1.54) is 6.07 Å². The van der Waals surface area contributed by atoms with Gasteiger partial charge in [0.15, 0.2) is 0 Å². The summed E-state index contributed by atoms with van der Waals surface area (Å²) in [5, 5.41) is 9.00. The smallest absolute Gasteiger partial charge is 0.417 e. The summed E-state index contributed by atoms with van der Waals surface area (Å²) in [5.41, 5.74) is 1.23. The highest BCUT2D eigenvalue weighted by Gasteiger charge is 2.34. The molecule has 0 saturated heterocycles. The van der Waals surface area contributed by atoms with Crippen LogP contribution in [-0.2, 0) is 12.7 Å². The van der Waals surface area contributed by atoms with E-state index in [1.54, 1.807) is 42.7 Å². The molecule has 0 saturated carbocycles. The van der Waals surface area contributed by atoms with E-state index >= 15 is 0 Å². The minimum absolute atomic E-state index is 0.110. The predicted molar refractivity (Wildman–Crippen MR) is 100 cm³/mol. The molecule has 0 unspecified atom stereocenters. The van der Waals surface area contributed by atoms with Crippen molar-refractivity contribution in [3.63, 3.8) is 0 Å². The first-order chi connectivity index (χ1) is 13.3. The summed E-state index contributed by atoms with van der Waals surface area (Å²) in [4.78, 5) is 16.5. The lowest BCUT2D eigenvalue weighted by molar-refractivity contribution is -0.137. The first-order valence-corrected chi connectivity index (χ1v) is 8.50. The zero-order chi connectivity index (χ0) is 20.3. The van der Waals surface area contributed by atoms with E-state index in [-0.39, 0.29) is 12.2 Å². The number of halogens is 4. The third-order valence-corrected chi connectivity index (χ3v) is 4.42. The number of aromatic nitrogens is 1. The van der Waals surface area contributed by atoms with Crippen LogP contribution in [0.4, 0.5) is 23.7 Å². The lowest BCUT2D eigenvalue weighted by Crippen LogP contribution is -2.28. The zero-order valence-electron chi connectivity index (χ0n) is 14.3. The van der Waals surface area contributed by atoms with Crippen LogP contribution in [-0.4, -0.2) is 16.2 Å². The third kappa shape index (κ3) is 4.43. The quantitative estimate of drug-likeness (QED) is 0.569. The van der Waals surface area contributed by atoms with E-state index in [0.29, 0.717) is 5.56 Å². The van der Waals surface area contributed by atoms with Crippen molar-refractivity contribution in [1.82, 2.24) is 4.98 Å². The van der Waals surface area contributed by atoms with Gasteiger partial charge in [-0.1, -0.05) is 41.9 Å². The van der Waals surface area contributed by atoms with Crippen molar-refractivity contribution in [3.8, 4) is 11.1 Å². The SMILES string of the molecule is O=C(O)N(Cc1ccc(-c2cccnc2)cc1)c1ccc(Cl)c(C(F)(F)F)c1. The normalized spacial score (nSPS) is 11.3. The number of carbonyl (C=O) groups is 1. The molecule has 1 heterocycles. The molecule has 0 spiro atoms. The Morgan fingerprint density at radius 2 is 1.79 bits per heavy atom. The van der Waals surface area contributed by atoms with Crippen LogP contribution in [0.15, 0.2) is 67.0 Å². The van der Waals surface area contributed by atoms with Gasteiger partial charge in [-0.25, -0.2) is 4.79 Å². The van der Waals surface area contributed by atoms with Gasteiger partial charge in [-0.15, -0.1) is 0 Å². The Balaban J connectivity index is 1.87. The molecule has 144 valence electrons. The molecule has 3 aromatic rings. The summed E-state index contributed by atoms with van der Waals surface area (Å²) in [5.74, 6) is 0. The summed E-state index contributed by atoms with van der Waals surface area (Å²) in [6, 6.07) is 13.8. The maximum Gasteiger partial charge on any atom is 0.417 e. The molecule has 8 heteroatoms. The van der Waals surface area contributed by atoms with Crippen LogP contribution < -0.4 is 4.90 Å². The van der Waals surface area contributed by atoms with E-state index in [9.17, 15) is 23.1 Å². The lowest BCUT2D eigenvalue weighted by Gasteiger charge is -2.21. The highest BCUT2D eigenvalue weighted by molar-refractivity contribution is 6.31. The molecule has 0 atom stereocenters. The van der Waals surface area contributed by atoms with Gasteiger partial charge in [0.2, 0.25) is 0 Å². The fraction of sp³-hybridized carbons (Fsp3) is 0.100. The maximum atomic E-state index is 13.1. The van der Waals surface area contributed by atoms with Crippen LogP contribution >= 0.6 is 11.6 Å². The standard InChI is InChI=1S/C20H14ClF3N2O2/c21-18-8-7-16(10-17(18)20(22,23)24)26(19(27)28)12-13-3-5-14(6-4-13)15-2-1-9-25-11-15/h1-11H,12H2,(H,27,28). The van der Waals surface area contributed by atoms with Gasteiger partial charge < -0.3 is 5.11 Å². The maximum absolute atomic E-state index is 13.1. The van der Waals surface area contributed by atoms with Crippen molar-refractivity contribution in [1.29, 1.82) is 0 Å². The molecule has 0 aliphatic rings. The van der Waals surface area contributed by atoms with Crippen molar-refractivity contribution in [2.75, 3.05) is 4.90 Å². The van der Waals surface area contributed by atoms with Gasteiger partial charge in [-0.3, -0.25) is 9.88 Å². The number of benzene rings is 2. The van der Waals surface area contributed by atoms with E-state index in [0.717, 1.165) is 28.2 Å². The van der Waals surface area contributed by atoms with Gasteiger partial charge in [0, 0.05) is 18.1 Å². The summed E-state index contributed by atoms with van der Waals surface area (Å²) in [7, 11) is 0. The van der Waals surface area contributed by atoms with Gasteiger partial charge in [-0.05, 0) is 41.0 Å². The van der Waals surface area contributed by atoms with Crippen LogP contribution in [0.2, 0.25) is 5.02 Å². The molecule has 1 aromatic heterocycles. The highest BCUT2D eigenvalue weighted by atomic mass is 35.5. The molecule has 0 radical (unpaired) electrons. The Morgan fingerprint density at radius 3 is 2.36 bits per heavy atom. The van der Waals surface area contributed by atoms with Crippen LogP contribution in [0.5, 0.6) is 0 Å². The fourth-order valence-corrected chi connectivity index (χ4v) is 2.91. The summed E-state index contributed by atoms with van der Waals surface area (Å²) in [6.07, 6.45) is -2.69. The van der Waals surface area contributed by atoms with Crippen LogP contribution in [0.1, 0.15) is 11.1 Å². The zero-order valence-corrected chi connectivity index (χ0v) is 15.1. The van der Waals surface area contributed by atoms with E-state index in [1.807, 2.05) is 6.07 Å². The molecule has 4 nitrogen and oxygen atoms in total. The summed E-state index contributed by atoms with van der Waals surface area (Å²) >= 11 is 5.61. The first-order valence-electron chi connectivity index (χ1n) is 8.12. The monoisotopic (exact) mass is 406 g/mol. The molecular weight excluding hydrogens is 393 g/mol. The van der Waals surface area contributed by atoms with Crippen molar-refractivity contribution in [2.45, 2.75) is 12.7 Å². The fourth-order valence-electron chi connectivity index (χ4n) is 2.69. The molecule has 0 aliphatic carbocycles. The number of amides is 1. The topological polar surface area (TPSA) is 53.4 Å². The second-order valence-electron chi connectivity index (χ2n) is 5.97. The van der Waals surface area contributed by atoms with Gasteiger partial charge in [0.1, 0.15) is 0 Å². The third-order valence-electron chi connectivity index (χ3n) is 4.09. The van der Waals surface area contributed by atoms with Gasteiger partial charge in [-0.2, -0.15) is 13.2 Å². The first kappa shape index (κ1) is 19.7. The largest absolute Gasteiger partial charge is 0.465 e. The highest BCUT2D eigenvalue weighted by Crippen LogP contribution is 2.37. The molecule has 3 rings (SSSR count). The van der Waals surface area contributed by atoms with Crippen molar-refractivity contribution in [2.24, 2.45) is 0 Å². The van der Waals surface area contributed by atoms with Crippen LogP contribution in [0.25, 0.3) is 11.1 Å². The van der Waals surface area contributed by atoms with Gasteiger partial charge >= 0.3 is 12.3 Å². The predicted octanol–water partition coefficient (Wildman–Crippen LogP) is 6.11. The minimum Gasteiger partial charge on any atom is -0.465 e. The number of alkyl halides is 3. The Kier molecular flexibility index (Phi) is 5.56. The number of nitrogens with zero attached hydrogens (tertiary/aromatic N) is 2. The number of hydrogen-bond donors (Lipinski definition) is 1. The number of hydrogen-bond acceptors (Lipinski definition) is 2.